The summed E-state index contributed by atoms with van der Waals surface area (Å²) in [7, 11) is 0. The number of para-hydroxylation sites is 1. The highest BCUT2D eigenvalue weighted by atomic mass is 35.5. The number of carbonyl (C=O) groups excluding carboxylic acids is 1. The minimum atomic E-state index is -0.297. The molecule has 2 amide bonds. The summed E-state index contributed by atoms with van der Waals surface area (Å²) in [6.07, 6.45) is 7.36. The van der Waals surface area contributed by atoms with Gasteiger partial charge >= 0.3 is 6.03 Å². The first-order valence-electron chi connectivity index (χ1n) is 12.8. The van der Waals surface area contributed by atoms with E-state index >= 15 is 0 Å². The fourth-order valence-corrected chi connectivity index (χ4v) is 5.93. The number of amides is 2. The van der Waals surface area contributed by atoms with E-state index in [9.17, 15) is 9.59 Å². The number of hydrogen-bond donors (Lipinski definition) is 2. The smallest absolute Gasteiger partial charge is 0.322 e. The van der Waals surface area contributed by atoms with E-state index in [1.807, 2.05) is 30.3 Å². The summed E-state index contributed by atoms with van der Waals surface area (Å²) in [5, 5.41) is 11.8. The molecule has 1 aliphatic heterocycles. The van der Waals surface area contributed by atoms with E-state index in [0.717, 1.165) is 37.1 Å². The number of nitrogens with one attached hydrogen (secondary N) is 2. The third-order valence-electron chi connectivity index (χ3n) is 7.06. The van der Waals surface area contributed by atoms with Crippen LogP contribution in [0.2, 0.25) is 15.1 Å². The van der Waals surface area contributed by atoms with Gasteiger partial charge in [0.15, 0.2) is 0 Å². The van der Waals surface area contributed by atoms with Crippen LogP contribution in [0.4, 0.5) is 21.9 Å². The maximum atomic E-state index is 13.7. The van der Waals surface area contributed by atoms with Crippen LogP contribution in [0.5, 0.6) is 0 Å². The predicted octanol–water partition coefficient (Wildman–Crippen LogP) is 6.29. The Bertz CT molecular complexity index is 1330. The normalized spacial score (nSPS) is 16.4. The molecule has 0 atom stereocenters. The number of rotatable bonds is 5. The fourth-order valence-electron chi connectivity index (χ4n) is 5.02. The van der Waals surface area contributed by atoms with Crippen LogP contribution in [-0.2, 0) is 0 Å². The lowest BCUT2D eigenvalue weighted by atomic mass is 9.95. The van der Waals surface area contributed by atoms with Crippen molar-refractivity contribution in [3.8, 4) is 5.69 Å². The highest BCUT2D eigenvalue weighted by Gasteiger charge is 2.27. The van der Waals surface area contributed by atoms with Gasteiger partial charge in [0.05, 0.1) is 33.3 Å². The zero-order valence-electron chi connectivity index (χ0n) is 20.8. The number of piperazine rings is 1. The second-order valence-corrected chi connectivity index (χ2v) is 10.8. The summed E-state index contributed by atoms with van der Waals surface area (Å²) in [5.74, 6) is 0. The molecule has 2 aliphatic rings. The van der Waals surface area contributed by atoms with E-state index in [4.69, 9.17) is 34.8 Å². The van der Waals surface area contributed by atoms with Crippen LogP contribution in [0.1, 0.15) is 32.1 Å². The number of carbonyl (C=O) groups is 1. The van der Waals surface area contributed by atoms with Crippen LogP contribution in [0.15, 0.2) is 53.5 Å². The molecular weight excluding hydrogens is 547 g/mol. The Balaban J connectivity index is 1.34. The van der Waals surface area contributed by atoms with Gasteiger partial charge in [0, 0.05) is 37.2 Å². The van der Waals surface area contributed by atoms with Gasteiger partial charge in [-0.15, -0.1) is 0 Å². The molecule has 1 aliphatic carbocycles. The van der Waals surface area contributed by atoms with Gasteiger partial charge in [-0.05, 0) is 37.1 Å². The Labute approximate surface area is 236 Å². The van der Waals surface area contributed by atoms with Crippen molar-refractivity contribution in [3.05, 3.63) is 74.1 Å². The van der Waals surface area contributed by atoms with Crippen LogP contribution in [-0.4, -0.2) is 52.9 Å². The van der Waals surface area contributed by atoms with Crippen molar-refractivity contribution >= 4 is 57.9 Å². The third kappa shape index (κ3) is 5.87. The van der Waals surface area contributed by atoms with Crippen molar-refractivity contribution in [2.24, 2.45) is 0 Å². The molecule has 2 aromatic carbocycles. The summed E-state index contributed by atoms with van der Waals surface area (Å²) in [6.45, 7) is 2.01. The molecule has 2 N–H and O–H groups in total. The highest BCUT2D eigenvalue weighted by molar-refractivity contribution is 6.42. The van der Waals surface area contributed by atoms with Crippen molar-refractivity contribution in [2.45, 2.75) is 38.1 Å². The zero-order chi connectivity index (χ0) is 26.6. The van der Waals surface area contributed by atoms with E-state index in [-0.39, 0.29) is 27.7 Å². The largest absolute Gasteiger partial charge is 0.376 e. The van der Waals surface area contributed by atoms with Crippen molar-refractivity contribution in [1.82, 2.24) is 14.7 Å². The number of benzene rings is 2. The molecule has 0 radical (unpaired) electrons. The maximum Gasteiger partial charge on any atom is 0.322 e. The molecule has 0 spiro atoms. The first kappa shape index (κ1) is 26.7. The summed E-state index contributed by atoms with van der Waals surface area (Å²) in [6, 6.07) is 12.5. The van der Waals surface area contributed by atoms with Gasteiger partial charge < -0.3 is 20.4 Å². The van der Waals surface area contributed by atoms with Gasteiger partial charge in [-0.25, -0.2) is 4.79 Å². The van der Waals surface area contributed by atoms with Crippen molar-refractivity contribution in [1.29, 1.82) is 0 Å². The van der Waals surface area contributed by atoms with E-state index < -0.39 is 0 Å². The van der Waals surface area contributed by atoms with Gasteiger partial charge in [-0.3, -0.25) is 4.79 Å². The standard InChI is InChI=1S/C27H29Cl3N6O2/c28-18-15-21(29)24(22(30)16-18)33-27(38)35-13-11-34(12-14-35)23-17-31-36(20-9-5-2-6-10-20)26(37)25(23)32-19-7-3-1-4-8-19/h2,5-6,9-10,15-17,19,32H,1,3-4,7-8,11-14H2,(H,33,38). The fraction of sp³-hybridized carbons (Fsp3) is 0.370. The molecule has 11 heteroatoms. The van der Waals surface area contributed by atoms with Gasteiger partial charge in [0.25, 0.3) is 5.56 Å². The van der Waals surface area contributed by atoms with Crippen LogP contribution in [0.25, 0.3) is 5.69 Å². The van der Waals surface area contributed by atoms with Crippen LogP contribution in [0.3, 0.4) is 0 Å². The molecule has 3 aromatic rings. The zero-order valence-corrected chi connectivity index (χ0v) is 23.1. The topological polar surface area (TPSA) is 82.5 Å². The molecule has 38 heavy (non-hydrogen) atoms. The first-order valence-corrected chi connectivity index (χ1v) is 13.9. The molecule has 0 unspecified atom stereocenters. The Morgan fingerprint density at radius 3 is 2.21 bits per heavy atom. The van der Waals surface area contributed by atoms with Crippen molar-refractivity contribution < 1.29 is 4.79 Å². The monoisotopic (exact) mass is 574 g/mol. The molecule has 2 heterocycles. The van der Waals surface area contributed by atoms with Gasteiger partial charge in [-0.1, -0.05) is 72.3 Å². The first-order chi connectivity index (χ1) is 18.4. The Hall–Kier alpha value is -2.94. The molecular formula is C27H29Cl3N6O2. The van der Waals surface area contributed by atoms with E-state index in [1.165, 1.54) is 23.2 Å². The summed E-state index contributed by atoms with van der Waals surface area (Å²) < 4.78 is 1.44. The lowest BCUT2D eigenvalue weighted by Crippen LogP contribution is -2.50. The molecule has 1 aromatic heterocycles. The van der Waals surface area contributed by atoms with Crippen molar-refractivity contribution in [3.63, 3.8) is 0 Å². The number of hydrogen-bond acceptors (Lipinski definition) is 5. The minimum absolute atomic E-state index is 0.175. The van der Waals surface area contributed by atoms with Crippen LogP contribution in [0, 0.1) is 0 Å². The number of halogens is 3. The number of nitrogens with zero attached hydrogens (tertiary/aromatic N) is 4. The molecule has 5 rings (SSSR count). The van der Waals surface area contributed by atoms with E-state index in [2.05, 4.69) is 20.6 Å². The second kappa shape index (κ2) is 11.8. The average molecular weight is 576 g/mol. The molecule has 200 valence electrons. The Morgan fingerprint density at radius 2 is 1.55 bits per heavy atom. The summed E-state index contributed by atoms with van der Waals surface area (Å²) in [5.41, 5.74) is 2.20. The Morgan fingerprint density at radius 1 is 0.895 bits per heavy atom. The van der Waals surface area contributed by atoms with Crippen molar-refractivity contribution in [2.75, 3.05) is 41.7 Å². The lowest BCUT2D eigenvalue weighted by Gasteiger charge is -2.37. The molecule has 1 saturated heterocycles. The molecule has 0 bridgehead atoms. The molecule has 2 fully saturated rings. The maximum absolute atomic E-state index is 13.7. The Kier molecular flexibility index (Phi) is 8.31. The number of anilines is 3. The molecule has 8 nitrogen and oxygen atoms in total. The molecule has 1 saturated carbocycles. The summed E-state index contributed by atoms with van der Waals surface area (Å²) in [4.78, 5) is 30.4. The summed E-state index contributed by atoms with van der Waals surface area (Å²) >= 11 is 18.4. The van der Waals surface area contributed by atoms with Crippen LogP contribution < -0.4 is 21.1 Å². The van der Waals surface area contributed by atoms with E-state index in [0.29, 0.717) is 42.6 Å². The SMILES string of the molecule is O=C(Nc1c(Cl)cc(Cl)cc1Cl)N1CCN(c2cnn(-c3ccccc3)c(=O)c2NC2CCCCC2)CC1. The van der Waals surface area contributed by atoms with Crippen LogP contribution >= 0.6 is 34.8 Å². The predicted molar refractivity (Wildman–Crippen MR) is 155 cm³/mol. The number of aromatic nitrogens is 2. The van der Waals surface area contributed by atoms with Gasteiger partial charge in [-0.2, -0.15) is 9.78 Å². The second-order valence-electron chi connectivity index (χ2n) is 9.59. The third-order valence-corrected chi connectivity index (χ3v) is 7.87. The average Bonchev–Trinajstić information content (AvgIpc) is 2.93. The minimum Gasteiger partial charge on any atom is -0.376 e. The van der Waals surface area contributed by atoms with Gasteiger partial charge in [0.2, 0.25) is 0 Å². The van der Waals surface area contributed by atoms with E-state index in [1.54, 1.807) is 11.1 Å². The lowest BCUT2D eigenvalue weighted by molar-refractivity contribution is 0.208. The highest BCUT2D eigenvalue weighted by Crippen LogP contribution is 2.34. The number of urea groups is 1. The quantitative estimate of drug-likeness (QED) is 0.374. The van der Waals surface area contributed by atoms with Gasteiger partial charge in [0.1, 0.15) is 5.69 Å².